The van der Waals surface area contributed by atoms with Crippen LogP contribution in [0.3, 0.4) is 0 Å². The zero-order valence-corrected chi connectivity index (χ0v) is 20.7. The lowest BCUT2D eigenvalue weighted by Crippen LogP contribution is -2.36. The lowest BCUT2D eigenvalue weighted by Gasteiger charge is -2.33. The van der Waals surface area contributed by atoms with Gasteiger partial charge in [0.25, 0.3) is 0 Å². The number of benzene rings is 2. The topological polar surface area (TPSA) is 116 Å². The first-order chi connectivity index (χ1) is 17.3. The van der Waals surface area contributed by atoms with E-state index in [2.05, 4.69) is 27.0 Å². The minimum atomic E-state index is -1.04. The normalized spacial score (nSPS) is 14.4. The number of methoxy groups -OCH3 is 1. The van der Waals surface area contributed by atoms with Gasteiger partial charge in [-0.15, -0.1) is 0 Å². The van der Waals surface area contributed by atoms with Gasteiger partial charge in [0, 0.05) is 31.5 Å². The van der Waals surface area contributed by atoms with E-state index in [9.17, 15) is 9.90 Å². The van der Waals surface area contributed by atoms with E-state index >= 15 is 0 Å². The third kappa shape index (κ3) is 4.55. The Labute approximate surface area is 213 Å². The standard InChI is InChI=1S/C26H26ClN5O4/c1-15-3-8-19(13-20(15)25(33)34)36-26-30-24-22(32(26)28)14-21(27)23(29-24)16-4-6-17(7-5-16)31-11-9-18(35-2)10-12-31/h3-8,13-14,18H,9-12,28H2,1-2H3,(H,33,34). The van der Waals surface area contributed by atoms with Crippen molar-refractivity contribution >= 4 is 34.4 Å². The summed E-state index contributed by atoms with van der Waals surface area (Å²) in [7, 11) is 1.77. The largest absolute Gasteiger partial charge is 0.478 e. The Balaban J connectivity index is 1.41. The van der Waals surface area contributed by atoms with Crippen LogP contribution in [0.4, 0.5) is 5.69 Å². The molecule has 0 atom stereocenters. The fourth-order valence-corrected chi connectivity index (χ4v) is 4.69. The minimum Gasteiger partial charge on any atom is -0.478 e. The smallest absolute Gasteiger partial charge is 0.336 e. The zero-order valence-electron chi connectivity index (χ0n) is 19.9. The van der Waals surface area contributed by atoms with Crippen LogP contribution < -0.4 is 15.5 Å². The quantitative estimate of drug-likeness (QED) is 0.355. The van der Waals surface area contributed by atoms with E-state index in [0.717, 1.165) is 37.2 Å². The van der Waals surface area contributed by atoms with Gasteiger partial charge in [0.1, 0.15) is 11.3 Å². The van der Waals surface area contributed by atoms with E-state index in [1.54, 1.807) is 32.2 Å². The number of nitrogens with two attached hydrogens (primary N) is 1. The number of hydrogen-bond donors (Lipinski definition) is 2. The van der Waals surface area contributed by atoms with Gasteiger partial charge in [-0.05, 0) is 55.7 Å². The average molecular weight is 508 g/mol. The number of ether oxygens (including phenoxy) is 2. The number of nitrogens with zero attached hydrogens (tertiary/aromatic N) is 4. The predicted molar refractivity (Wildman–Crippen MR) is 139 cm³/mol. The molecular weight excluding hydrogens is 482 g/mol. The number of carbonyl (C=O) groups is 1. The molecule has 186 valence electrons. The molecule has 1 aliphatic heterocycles. The molecule has 9 nitrogen and oxygen atoms in total. The molecule has 0 aliphatic carbocycles. The second-order valence-corrected chi connectivity index (χ2v) is 9.19. The van der Waals surface area contributed by atoms with E-state index in [1.807, 2.05) is 12.1 Å². The van der Waals surface area contributed by atoms with Gasteiger partial charge < -0.3 is 25.3 Å². The second-order valence-electron chi connectivity index (χ2n) is 8.78. The molecular formula is C26H26ClN5O4. The number of aromatic carboxylic acids is 1. The summed E-state index contributed by atoms with van der Waals surface area (Å²) in [5.41, 5.74) is 4.20. The maximum Gasteiger partial charge on any atom is 0.336 e. The summed E-state index contributed by atoms with van der Waals surface area (Å²) in [5.74, 6) is 5.46. The third-order valence-electron chi connectivity index (χ3n) is 6.53. The molecule has 36 heavy (non-hydrogen) atoms. The first kappa shape index (κ1) is 23.9. The van der Waals surface area contributed by atoms with Gasteiger partial charge in [0.15, 0.2) is 5.65 Å². The van der Waals surface area contributed by atoms with Crippen molar-refractivity contribution < 1.29 is 19.4 Å². The minimum absolute atomic E-state index is 0.0701. The van der Waals surface area contributed by atoms with E-state index in [0.29, 0.717) is 39.3 Å². The van der Waals surface area contributed by atoms with Crippen molar-refractivity contribution in [3.05, 3.63) is 64.7 Å². The van der Waals surface area contributed by atoms with E-state index < -0.39 is 5.97 Å². The summed E-state index contributed by atoms with van der Waals surface area (Å²) in [6.07, 6.45) is 2.35. The van der Waals surface area contributed by atoms with Gasteiger partial charge >= 0.3 is 12.0 Å². The number of halogens is 1. The fraction of sp³-hybridized carbons (Fsp3) is 0.269. The number of piperidine rings is 1. The summed E-state index contributed by atoms with van der Waals surface area (Å²) in [5, 5.41) is 9.80. The molecule has 0 saturated carbocycles. The van der Waals surface area contributed by atoms with Crippen LogP contribution in [0.2, 0.25) is 5.02 Å². The molecule has 2 aromatic heterocycles. The van der Waals surface area contributed by atoms with Crippen LogP contribution in [0.15, 0.2) is 48.5 Å². The molecule has 1 aliphatic rings. The molecule has 5 rings (SSSR count). The summed E-state index contributed by atoms with van der Waals surface area (Å²) >= 11 is 6.58. The molecule has 0 amide bonds. The Hall–Kier alpha value is -3.82. The molecule has 3 heterocycles. The van der Waals surface area contributed by atoms with Crippen LogP contribution in [-0.2, 0) is 4.74 Å². The molecule has 3 N–H and O–H groups in total. The average Bonchev–Trinajstić information content (AvgIpc) is 3.18. The number of aromatic nitrogens is 3. The third-order valence-corrected chi connectivity index (χ3v) is 6.82. The monoisotopic (exact) mass is 507 g/mol. The summed E-state index contributed by atoms with van der Waals surface area (Å²) in [6, 6.07) is 14.6. The molecule has 2 aromatic carbocycles. The van der Waals surface area contributed by atoms with E-state index in [4.69, 9.17) is 26.9 Å². The number of hydrogen-bond acceptors (Lipinski definition) is 7. The number of carboxylic acid groups (broad SMARTS) is 1. The van der Waals surface area contributed by atoms with Crippen molar-refractivity contribution in [1.29, 1.82) is 0 Å². The van der Waals surface area contributed by atoms with Crippen molar-refractivity contribution in [2.45, 2.75) is 25.9 Å². The van der Waals surface area contributed by atoms with Crippen LogP contribution >= 0.6 is 11.6 Å². The van der Waals surface area contributed by atoms with Gasteiger partial charge in [-0.2, -0.15) is 4.98 Å². The molecule has 0 bridgehead atoms. The second kappa shape index (κ2) is 9.67. The highest BCUT2D eigenvalue weighted by Gasteiger charge is 2.20. The molecule has 0 unspecified atom stereocenters. The number of aryl methyl sites for hydroxylation is 1. The highest BCUT2D eigenvalue weighted by atomic mass is 35.5. The number of pyridine rings is 1. The lowest BCUT2D eigenvalue weighted by molar-refractivity contribution is 0.0695. The number of imidazole rings is 1. The molecule has 0 radical (unpaired) electrons. The molecule has 1 saturated heterocycles. The van der Waals surface area contributed by atoms with Gasteiger partial charge in [0.2, 0.25) is 0 Å². The highest BCUT2D eigenvalue weighted by Crippen LogP contribution is 2.33. The van der Waals surface area contributed by atoms with Crippen molar-refractivity contribution in [2.24, 2.45) is 0 Å². The van der Waals surface area contributed by atoms with Crippen LogP contribution in [0.1, 0.15) is 28.8 Å². The molecule has 4 aromatic rings. The Bertz CT molecular complexity index is 1430. The molecule has 10 heteroatoms. The van der Waals surface area contributed by atoms with Crippen molar-refractivity contribution in [3.8, 4) is 23.0 Å². The number of nitrogen functional groups attached to an aromatic ring is 1. The Kier molecular flexibility index (Phi) is 6.42. The molecule has 0 spiro atoms. The predicted octanol–water partition coefficient (Wildman–Crippen LogP) is 4.88. The van der Waals surface area contributed by atoms with Gasteiger partial charge in [-0.1, -0.05) is 29.8 Å². The van der Waals surface area contributed by atoms with Crippen LogP contribution in [0.25, 0.3) is 22.4 Å². The zero-order chi connectivity index (χ0) is 25.4. The van der Waals surface area contributed by atoms with Crippen molar-refractivity contribution in [2.75, 3.05) is 30.9 Å². The fourth-order valence-electron chi connectivity index (χ4n) is 4.43. The first-order valence-corrected chi connectivity index (χ1v) is 12.0. The number of anilines is 1. The SMILES string of the molecule is COC1CCN(c2ccc(-c3nc4nc(Oc5ccc(C)c(C(=O)O)c5)n(N)c4cc3Cl)cc2)CC1. The number of rotatable bonds is 6. The van der Waals surface area contributed by atoms with Crippen molar-refractivity contribution in [1.82, 2.24) is 14.6 Å². The maximum absolute atomic E-state index is 11.4. The highest BCUT2D eigenvalue weighted by molar-refractivity contribution is 6.33. The first-order valence-electron chi connectivity index (χ1n) is 11.6. The van der Waals surface area contributed by atoms with E-state index in [-0.39, 0.29) is 11.6 Å². The van der Waals surface area contributed by atoms with Crippen LogP contribution in [0.5, 0.6) is 11.8 Å². The molecule has 1 fully saturated rings. The van der Waals surface area contributed by atoms with Crippen molar-refractivity contribution in [3.63, 3.8) is 0 Å². The summed E-state index contributed by atoms with van der Waals surface area (Å²) in [4.78, 5) is 22.9. The van der Waals surface area contributed by atoms with Gasteiger partial charge in [-0.25, -0.2) is 14.5 Å². The Morgan fingerprint density at radius 3 is 2.50 bits per heavy atom. The number of fused-ring (bicyclic) bond motifs is 1. The lowest BCUT2D eigenvalue weighted by atomic mass is 10.1. The van der Waals surface area contributed by atoms with Crippen LogP contribution in [0, 0.1) is 6.92 Å². The Morgan fingerprint density at radius 1 is 1.11 bits per heavy atom. The van der Waals surface area contributed by atoms with Crippen LogP contribution in [-0.4, -0.2) is 52.0 Å². The van der Waals surface area contributed by atoms with E-state index in [1.165, 1.54) is 10.7 Å². The Morgan fingerprint density at radius 2 is 1.83 bits per heavy atom. The summed E-state index contributed by atoms with van der Waals surface area (Å²) < 4.78 is 12.5. The van der Waals surface area contributed by atoms with Gasteiger partial charge in [-0.3, -0.25) is 0 Å². The number of carboxylic acids is 1. The maximum atomic E-state index is 11.4. The van der Waals surface area contributed by atoms with Gasteiger partial charge in [0.05, 0.1) is 22.4 Å². The summed E-state index contributed by atoms with van der Waals surface area (Å²) in [6.45, 7) is 3.62.